The number of phenolic OH excluding ortho intramolecular Hbond substituents is 3. The first-order valence-electron chi connectivity index (χ1n) is 6.56. The summed E-state index contributed by atoms with van der Waals surface area (Å²) in [4.78, 5) is 0. The van der Waals surface area contributed by atoms with E-state index in [-0.39, 0.29) is 17.5 Å². The minimum absolute atomic E-state index is 0.232. The van der Waals surface area contributed by atoms with Gasteiger partial charge in [0.25, 0.3) is 0 Å². The standard InChI is InChI=1S/C15H19NO4/c1-10(4-6-12-3-2-8-20-12)16-9-11-5-7-13(17)15(19)14(11)18/h2-3,5,7-8,10,16-19H,4,6,9H2,1H3. The summed E-state index contributed by atoms with van der Waals surface area (Å²) >= 11 is 0. The quantitative estimate of drug-likeness (QED) is 0.610. The SMILES string of the molecule is CC(CCc1ccco1)NCc1ccc(O)c(O)c1O. The van der Waals surface area contributed by atoms with Crippen LogP contribution >= 0.6 is 0 Å². The van der Waals surface area contributed by atoms with Crippen LogP contribution in [-0.4, -0.2) is 21.4 Å². The molecule has 1 unspecified atom stereocenters. The van der Waals surface area contributed by atoms with Crippen molar-refractivity contribution in [2.24, 2.45) is 0 Å². The first-order valence-corrected chi connectivity index (χ1v) is 6.56. The Bertz CT molecular complexity index is 551. The Labute approximate surface area is 117 Å². The number of hydrogen-bond acceptors (Lipinski definition) is 5. The topological polar surface area (TPSA) is 85.9 Å². The van der Waals surface area contributed by atoms with Crippen molar-refractivity contribution in [3.8, 4) is 17.2 Å². The molecule has 4 N–H and O–H groups in total. The molecule has 1 heterocycles. The van der Waals surface area contributed by atoms with Crippen LogP contribution in [0.1, 0.15) is 24.7 Å². The summed E-state index contributed by atoms with van der Waals surface area (Å²) in [5.74, 6) is -0.135. The van der Waals surface area contributed by atoms with Crippen molar-refractivity contribution in [3.05, 3.63) is 41.9 Å². The van der Waals surface area contributed by atoms with Crippen LogP contribution in [0.25, 0.3) is 0 Å². The Hall–Kier alpha value is -2.14. The maximum absolute atomic E-state index is 9.71. The Morgan fingerprint density at radius 3 is 2.65 bits per heavy atom. The van der Waals surface area contributed by atoms with Gasteiger partial charge in [-0.2, -0.15) is 0 Å². The maximum atomic E-state index is 9.71. The van der Waals surface area contributed by atoms with Gasteiger partial charge in [-0.05, 0) is 31.5 Å². The predicted octanol–water partition coefficient (Wildman–Crippen LogP) is 2.51. The molecule has 2 rings (SSSR count). The van der Waals surface area contributed by atoms with E-state index in [0.717, 1.165) is 18.6 Å². The van der Waals surface area contributed by atoms with Crippen molar-refractivity contribution in [3.63, 3.8) is 0 Å². The van der Waals surface area contributed by atoms with Gasteiger partial charge in [-0.25, -0.2) is 0 Å². The van der Waals surface area contributed by atoms with Gasteiger partial charge in [0.05, 0.1) is 6.26 Å². The van der Waals surface area contributed by atoms with Gasteiger partial charge in [-0.3, -0.25) is 0 Å². The number of aromatic hydroxyl groups is 3. The minimum atomic E-state index is -0.479. The van der Waals surface area contributed by atoms with Crippen LogP contribution < -0.4 is 5.32 Å². The third kappa shape index (κ3) is 3.45. The second-order valence-corrected chi connectivity index (χ2v) is 4.84. The van der Waals surface area contributed by atoms with E-state index in [1.807, 2.05) is 19.1 Å². The molecule has 0 spiro atoms. The van der Waals surface area contributed by atoms with E-state index in [0.29, 0.717) is 12.1 Å². The van der Waals surface area contributed by atoms with Crippen molar-refractivity contribution < 1.29 is 19.7 Å². The Morgan fingerprint density at radius 1 is 1.15 bits per heavy atom. The van der Waals surface area contributed by atoms with Gasteiger partial charge in [0, 0.05) is 24.6 Å². The van der Waals surface area contributed by atoms with Crippen molar-refractivity contribution in [2.75, 3.05) is 0 Å². The molecule has 5 heteroatoms. The largest absolute Gasteiger partial charge is 0.504 e. The average molecular weight is 277 g/mol. The van der Waals surface area contributed by atoms with Gasteiger partial charge in [0.15, 0.2) is 11.5 Å². The number of benzene rings is 1. The van der Waals surface area contributed by atoms with Crippen molar-refractivity contribution in [2.45, 2.75) is 32.4 Å². The molecule has 1 aromatic heterocycles. The fraction of sp³-hybridized carbons (Fsp3) is 0.333. The fourth-order valence-electron chi connectivity index (χ4n) is 1.95. The van der Waals surface area contributed by atoms with E-state index in [1.54, 1.807) is 12.3 Å². The number of rotatable bonds is 6. The van der Waals surface area contributed by atoms with Gasteiger partial charge >= 0.3 is 0 Å². The van der Waals surface area contributed by atoms with Crippen LogP contribution in [0.2, 0.25) is 0 Å². The van der Waals surface area contributed by atoms with Gasteiger partial charge in [-0.15, -0.1) is 0 Å². The second kappa shape index (κ2) is 6.34. The Morgan fingerprint density at radius 2 is 1.95 bits per heavy atom. The maximum Gasteiger partial charge on any atom is 0.200 e. The smallest absolute Gasteiger partial charge is 0.200 e. The highest BCUT2D eigenvalue weighted by atomic mass is 16.3. The van der Waals surface area contributed by atoms with E-state index in [2.05, 4.69) is 5.32 Å². The highest BCUT2D eigenvalue weighted by Gasteiger charge is 2.11. The molecule has 0 saturated heterocycles. The van der Waals surface area contributed by atoms with Gasteiger partial charge in [0.1, 0.15) is 5.76 Å². The van der Waals surface area contributed by atoms with Crippen LogP contribution in [0.15, 0.2) is 34.9 Å². The highest BCUT2D eigenvalue weighted by Crippen LogP contribution is 2.36. The van der Waals surface area contributed by atoms with E-state index in [4.69, 9.17) is 4.42 Å². The molecule has 0 aliphatic rings. The lowest BCUT2D eigenvalue weighted by Gasteiger charge is -2.14. The van der Waals surface area contributed by atoms with Crippen LogP contribution in [0.3, 0.4) is 0 Å². The van der Waals surface area contributed by atoms with Gasteiger partial charge < -0.3 is 25.1 Å². The first-order chi connectivity index (χ1) is 9.58. The Kier molecular flexibility index (Phi) is 4.53. The fourth-order valence-corrected chi connectivity index (χ4v) is 1.95. The summed E-state index contributed by atoms with van der Waals surface area (Å²) in [6.45, 7) is 2.46. The molecule has 2 aromatic rings. The summed E-state index contributed by atoms with van der Waals surface area (Å²) in [7, 11) is 0. The number of hydrogen-bond donors (Lipinski definition) is 4. The predicted molar refractivity (Wildman–Crippen MR) is 74.8 cm³/mol. The number of nitrogens with one attached hydrogen (secondary N) is 1. The number of aryl methyl sites for hydroxylation is 1. The zero-order chi connectivity index (χ0) is 14.5. The summed E-state index contributed by atoms with van der Waals surface area (Å²) in [5.41, 5.74) is 0.546. The zero-order valence-corrected chi connectivity index (χ0v) is 11.3. The Balaban J connectivity index is 1.84. The van der Waals surface area contributed by atoms with E-state index >= 15 is 0 Å². The molecule has 0 radical (unpaired) electrons. The molecule has 0 saturated carbocycles. The molecule has 0 amide bonds. The molecule has 108 valence electrons. The molecule has 0 fully saturated rings. The summed E-state index contributed by atoms with van der Waals surface area (Å²) in [6.07, 6.45) is 3.40. The summed E-state index contributed by atoms with van der Waals surface area (Å²) in [5, 5.41) is 31.7. The zero-order valence-electron chi connectivity index (χ0n) is 11.3. The lowest BCUT2D eigenvalue weighted by molar-refractivity contribution is 0.363. The molecular formula is C15H19NO4. The summed E-state index contributed by atoms with van der Waals surface area (Å²) < 4.78 is 5.27. The van der Waals surface area contributed by atoms with Crippen LogP contribution in [0, 0.1) is 0 Å². The minimum Gasteiger partial charge on any atom is -0.504 e. The van der Waals surface area contributed by atoms with Crippen molar-refractivity contribution in [1.29, 1.82) is 0 Å². The molecule has 1 aromatic carbocycles. The van der Waals surface area contributed by atoms with Crippen LogP contribution in [-0.2, 0) is 13.0 Å². The third-order valence-electron chi connectivity index (χ3n) is 3.26. The van der Waals surface area contributed by atoms with Crippen molar-refractivity contribution in [1.82, 2.24) is 5.32 Å². The van der Waals surface area contributed by atoms with Crippen LogP contribution in [0.5, 0.6) is 17.2 Å². The van der Waals surface area contributed by atoms with E-state index < -0.39 is 5.75 Å². The van der Waals surface area contributed by atoms with Gasteiger partial charge in [-0.1, -0.05) is 6.07 Å². The molecule has 1 atom stereocenters. The third-order valence-corrected chi connectivity index (χ3v) is 3.26. The molecule has 0 aliphatic carbocycles. The molecule has 0 bridgehead atoms. The second-order valence-electron chi connectivity index (χ2n) is 4.84. The highest BCUT2D eigenvalue weighted by molar-refractivity contribution is 5.52. The van der Waals surface area contributed by atoms with E-state index in [9.17, 15) is 15.3 Å². The van der Waals surface area contributed by atoms with E-state index in [1.165, 1.54) is 6.07 Å². The first kappa shape index (κ1) is 14.3. The summed E-state index contributed by atoms with van der Waals surface area (Å²) in [6, 6.07) is 6.98. The van der Waals surface area contributed by atoms with Crippen molar-refractivity contribution >= 4 is 0 Å². The van der Waals surface area contributed by atoms with Gasteiger partial charge in [0.2, 0.25) is 5.75 Å². The molecule has 5 nitrogen and oxygen atoms in total. The average Bonchev–Trinajstić information content (AvgIpc) is 2.95. The molecular weight excluding hydrogens is 258 g/mol. The lowest BCUT2D eigenvalue weighted by Crippen LogP contribution is -2.25. The number of furan rings is 1. The monoisotopic (exact) mass is 277 g/mol. The molecule has 0 aliphatic heterocycles. The van der Waals surface area contributed by atoms with Crippen LogP contribution in [0.4, 0.5) is 0 Å². The number of phenols is 3. The molecule has 20 heavy (non-hydrogen) atoms. The normalized spacial score (nSPS) is 12.4. The lowest BCUT2D eigenvalue weighted by atomic mass is 10.1.